The van der Waals surface area contributed by atoms with Gasteiger partial charge < -0.3 is 20.6 Å². The molecule has 0 spiro atoms. The molecular weight excluding hydrogens is 274 g/mol. The van der Waals surface area contributed by atoms with Crippen LogP contribution in [0.2, 0.25) is 0 Å². The minimum Gasteiger partial charge on any atom is -0.870 e. The van der Waals surface area contributed by atoms with E-state index in [0.717, 1.165) is 0 Å². The molecule has 1 aromatic heterocycles. The number of hydrogen-bond donors (Lipinski definition) is 2. The number of halogens is 1. The van der Waals surface area contributed by atoms with E-state index in [1.165, 1.54) is 37.6 Å². The van der Waals surface area contributed by atoms with Crippen molar-refractivity contribution >= 4 is 17.5 Å². The van der Waals surface area contributed by atoms with Gasteiger partial charge in [0.25, 0.3) is 0 Å². The van der Waals surface area contributed by atoms with Gasteiger partial charge in [0.1, 0.15) is 22.9 Å². The van der Waals surface area contributed by atoms with Gasteiger partial charge in [-0.2, -0.15) is 0 Å². The number of hydrogen-bond acceptors (Lipinski definition) is 5. The van der Waals surface area contributed by atoms with Gasteiger partial charge in [-0.05, 0) is 18.2 Å². The average Bonchev–Trinajstić information content (AvgIpc) is 2.38. The van der Waals surface area contributed by atoms with E-state index in [4.69, 9.17) is 9.84 Å². The number of carboxylic acid groups (broad SMARTS) is 1. The topological polar surface area (TPSA) is 101 Å². The van der Waals surface area contributed by atoms with Gasteiger partial charge in [0.2, 0.25) is 0 Å². The van der Waals surface area contributed by atoms with E-state index in [9.17, 15) is 9.18 Å². The van der Waals surface area contributed by atoms with Crippen LogP contribution < -0.4 is 28.9 Å². The Morgan fingerprint density at radius 1 is 1.38 bits per heavy atom. The van der Waals surface area contributed by atoms with Crippen molar-refractivity contribution < 1.29 is 43.4 Å². The SMILES string of the molecule is COc1cc(F)cc(Nc2ncccc2C(=O)O)c1.[Li+].[OH-]. The molecule has 0 amide bonds. The quantitative estimate of drug-likeness (QED) is 0.735. The fourth-order valence-electron chi connectivity index (χ4n) is 1.57. The van der Waals surface area contributed by atoms with E-state index < -0.39 is 11.8 Å². The van der Waals surface area contributed by atoms with Crippen LogP contribution in [0.3, 0.4) is 0 Å². The predicted molar refractivity (Wildman–Crippen MR) is 69.4 cm³/mol. The number of aromatic nitrogens is 1. The zero-order chi connectivity index (χ0) is 13.8. The Balaban J connectivity index is 0.00000200. The van der Waals surface area contributed by atoms with Crippen molar-refractivity contribution in [3.8, 4) is 5.75 Å². The summed E-state index contributed by atoms with van der Waals surface area (Å²) in [5.74, 6) is -1.13. The number of carboxylic acids is 1. The van der Waals surface area contributed by atoms with Crippen LogP contribution >= 0.6 is 0 Å². The van der Waals surface area contributed by atoms with Crippen LogP contribution in [0.5, 0.6) is 5.75 Å². The molecule has 1 aromatic carbocycles. The smallest absolute Gasteiger partial charge is 0.870 e. The maximum Gasteiger partial charge on any atom is 1.00 e. The largest absolute Gasteiger partial charge is 1.00 e. The maximum absolute atomic E-state index is 13.3. The van der Waals surface area contributed by atoms with Crippen LogP contribution in [0.4, 0.5) is 15.9 Å². The summed E-state index contributed by atoms with van der Waals surface area (Å²) in [6, 6.07) is 6.92. The van der Waals surface area contributed by atoms with Crippen LogP contribution in [0.1, 0.15) is 10.4 Å². The number of methoxy groups -OCH3 is 1. The van der Waals surface area contributed by atoms with Crippen molar-refractivity contribution in [2.45, 2.75) is 0 Å². The van der Waals surface area contributed by atoms with E-state index in [-0.39, 0.29) is 35.7 Å². The fourth-order valence-corrected chi connectivity index (χ4v) is 1.57. The maximum atomic E-state index is 13.3. The predicted octanol–water partition coefficient (Wildman–Crippen LogP) is -0.502. The van der Waals surface area contributed by atoms with Gasteiger partial charge in [0.15, 0.2) is 0 Å². The number of ether oxygens (including phenoxy) is 1. The van der Waals surface area contributed by atoms with Gasteiger partial charge in [-0.1, -0.05) is 0 Å². The van der Waals surface area contributed by atoms with Crippen LogP contribution in [-0.2, 0) is 0 Å². The monoisotopic (exact) mass is 286 g/mol. The summed E-state index contributed by atoms with van der Waals surface area (Å²) < 4.78 is 18.3. The van der Waals surface area contributed by atoms with E-state index in [1.54, 1.807) is 6.07 Å². The molecule has 8 heteroatoms. The van der Waals surface area contributed by atoms with E-state index >= 15 is 0 Å². The second-order valence-corrected chi connectivity index (χ2v) is 3.71. The number of rotatable bonds is 4. The Labute approximate surface area is 132 Å². The van der Waals surface area contributed by atoms with Crippen LogP contribution in [0, 0.1) is 5.82 Å². The summed E-state index contributed by atoms with van der Waals surface area (Å²) in [6.45, 7) is 0. The molecule has 0 unspecified atom stereocenters. The molecule has 2 aromatic rings. The molecule has 0 aliphatic carbocycles. The van der Waals surface area contributed by atoms with Crippen LogP contribution in [0.15, 0.2) is 36.5 Å². The van der Waals surface area contributed by atoms with Gasteiger partial charge in [-0.25, -0.2) is 14.2 Å². The number of aromatic carboxylic acids is 1. The van der Waals surface area contributed by atoms with Gasteiger partial charge in [-0.15, -0.1) is 0 Å². The summed E-state index contributed by atoms with van der Waals surface area (Å²) in [5.41, 5.74) is 0.365. The fraction of sp³-hybridized carbons (Fsp3) is 0.0769. The summed E-state index contributed by atoms with van der Waals surface area (Å²) in [5, 5.41) is 11.8. The van der Waals surface area contributed by atoms with E-state index in [1.807, 2.05) is 0 Å². The van der Waals surface area contributed by atoms with Crippen molar-refractivity contribution in [1.29, 1.82) is 0 Å². The Morgan fingerprint density at radius 3 is 2.71 bits per heavy atom. The summed E-state index contributed by atoms with van der Waals surface area (Å²) in [7, 11) is 1.42. The Morgan fingerprint density at radius 2 is 2.10 bits per heavy atom. The van der Waals surface area contributed by atoms with Gasteiger partial charge in [0.05, 0.1) is 7.11 Å². The molecule has 21 heavy (non-hydrogen) atoms. The van der Waals surface area contributed by atoms with Gasteiger partial charge in [-0.3, -0.25) is 0 Å². The normalized spacial score (nSPS) is 9.05. The Bertz CT molecular complexity index is 625. The molecule has 106 valence electrons. The molecule has 0 bridgehead atoms. The van der Waals surface area contributed by atoms with Crippen LogP contribution in [0.25, 0.3) is 0 Å². The van der Waals surface area contributed by atoms with E-state index in [0.29, 0.717) is 11.4 Å². The number of nitrogens with zero attached hydrogens (tertiary/aromatic N) is 1. The van der Waals surface area contributed by atoms with E-state index in [2.05, 4.69) is 10.3 Å². The first-order chi connectivity index (χ1) is 9.10. The summed E-state index contributed by atoms with van der Waals surface area (Å²) >= 11 is 0. The number of anilines is 2. The first-order valence-corrected chi connectivity index (χ1v) is 5.40. The molecule has 0 aliphatic heterocycles. The molecule has 1 heterocycles. The standard InChI is InChI=1S/C13H11FN2O3.Li.H2O/c1-19-10-6-8(14)5-9(7-10)16-12-11(13(17)18)3-2-4-15-12;;/h2-7H,1H3,(H,15,16)(H,17,18);;1H2/q;+1;/p-1. The molecule has 0 saturated heterocycles. The first kappa shape index (κ1) is 18.9. The second-order valence-electron chi connectivity index (χ2n) is 3.71. The van der Waals surface area contributed by atoms with Crippen molar-refractivity contribution in [2.24, 2.45) is 0 Å². The third-order valence-electron chi connectivity index (χ3n) is 2.41. The molecule has 0 fully saturated rings. The molecule has 0 radical (unpaired) electrons. The third-order valence-corrected chi connectivity index (χ3v) is 2.41. The molecule has 6 nitrogen and oxygen atoms in total. The van der Waals surface area contributed by atoms with Crippen molar-refractivity contribution in [3.05, 3.63) is 47.9 Å². The molecule has 0 aliphatic rings. The van der Waals surface area contributed by atoms with Crippen molar-refractivity contribution in [1.82, 2.24) is 4.98 Å². The zero-order valence-corrected chi connectivity index (χ0v) is 11.5. The van der Waals surface area contributed by atoms with Crippen molar-refractivity contribution in [3.63, 3.8) is 0 Å². The number of benzene rings is 1. The Hall–Kier alpha value is -2.07. The van der Waals surface area contributed by atoms with Gasteiger partial charge >= 0.3 is 24.8 Å². The molecule has 0 saturated carbocycles. The van der Waals surface area contributed by atoms with Crippen molar-refractivity contribution in [2.75, 3.05) is 12.4 Å². The zero-order valence-electron chi connectivity index (χ0n) is 11.5. The molecular formula is C13H12FLiN2O4. The first-order valence-electron chi connectivity index (χ1n) is 5.40. The third kappa shape index (κ3) is 4.75. The summed E-state index contributed by atoms with van der Waals surface area (Å²) in [6.07, 6.45) is 1.45. The number of pyridine rings is 1. The molecule has 2 rings (SSSR count). The molecule has 0 atom stereocenters. The number of carbonyl (C=O) groups is 1. The number of nitrogens with one attached hydrogen (secondary N) is 1. The Kier molecular flexibility index (Phi) is 7.45. The van der Waals surface area contributed by atoms with Crippen LogP contribution in [-0.4, -0.2) is 28.6 Å². The average molecular weight is 286 g/mol. The second kappa shape index (κ2) is 8.27. The minimum absolute atomic E-state index is 0. The minimum atomic E-state index is -1.11. The molecule has 3 N–H and O–H groups in total. The summed E-state index contributed by atoms with van der Waals surface area (Å²) in [4.78, 5) is 14.9. The van der Waals surface area contributed by atoms with Gasteiger partial charge in [0, 0.05) is 24.0 Å².